The quantitative estimate of drug-likeness (QED) is 0.913. The van der Waals surface area contributed by atoms with Gasteiger partial charge >= 0.3 is 0 Å². The van der Waals surface area contributed by atoms with E-state index in [2.05, 4.69) is 5.32 Å². The predicted molar refractivity (Wildman–Crippen MR) is 97.7 cm³/mol. The monoisotopic (exact) mass is 354 g/mol. The minimum Gasteiger partial charge on any atom is -0.457 e. The van der Waals surface area contributed by atoms with Crippen LogP contribution in [0.1, 0.15) is 12.8 Å². The molecule has 2 aliphatic heterocycles. The van der Waals surface area contributed by atoms with E-state index in [1.165, 1.54) is 0 Å². The molecule has 2 amide bonds. The second-order valence-electron chi connectivity index (χ2n) is 6.07. The molecule has 5 nitrogen and oxygen atoms in total. The molecule has 2 heterocycles. The zero-order chi connectivity index (χ0) is 17.3. The summed E-state index contributed by atoms with van der Waals surface area (Å²) in [6, 6.07) is 16.8. The van der Waals surface area contributed by atoms with Crippen LogP contribution in [-0.2, 0) is 9.59 Å². The van der Waals surface area contributed by atoms with Crippen LogP contribution in [0.15, 0.2) is 54.6 Å². The standard InChI is InChI=1S/C19H18N2O3S/c22-17-10-11-19(21(17)12-13-25-19)18(23)20-14-6-8-16(9-7-14)24-15-4-2-1-3-5-15/h1-9H,10-13H2,(H,20,23). The minimum atomic E-state index is -0.726. The number of anilines is 1. The van der Waals surface area contributed by atoms with Gasteiger partial charge in [-0.05, 0) is 42.8 Å². The third-order valence-corrected chi connectivity index (χ3v) is 5.99. The molecule has 1 N–H and O–H groups in total. The van der Waals surface area contributed by atoms with E-state index in [0.717, 1.165) is 11.5 Å². The molecule has 2 aromatic carbocycles. The second-order valence-corrected chi connectivity index (χ2v) is 7.44. The maximum Gasteiger partial charge on any atom is 0.260 e. The van der Waals surface area contributed by atoms with Gasteiger partial charge in [-0.3, -0.25) is 9.59 Å². The number of thioether (sulfide) groups is 1. The molecule has 0 aliphatic carbocycles. The highest BCUT2D eigenvalue weighted by atomic mass is 32.2. The molecular formula is C19H18N2O3S. The van der Waals surface area contributed by atoms with Gasteiger partial charge in [0.15, 0.2) is 4.87 Å². The summed E-state index contributed by atoms with van der Waals surface area (Å²) in [4.78, 5) is 25.7. The Hall–Kier alpha value is -2.47. The molecule has 25 heavy (non-hydrogen) atoms. The molecule has 0 aromatic heterocycles. The highest BCUT2D eigenvalue weighted by molar-refractivity contribution is 8.01. The summed E-state index contributed by atoms with van der Waals surface area (Å²) in [6.07, 6.45) is 1.03. The van der Waals surface area contributed by atoms with Crippen LogP contribution < -0.4 is 10.1 Å². The third-order valence-electron chi connectivity index (χ3n) is 4.52. The van der Waals surface area contributed by atoms with Gasteiger partial charge in [0.1, 0.15) is 11.5 Å². The van der Waals surface area contributed by atoms with Gasteiger partial charge in [0.2, 0.25) is 5.91 Å². The van der Waals surface area contributed by atoms with Crippen molar-refractivity contribution in [3.63, 3.8) is 0 Å². The van der Waals surface area contributed by atoms with Crippen molar-refractivity contribution in [2.45, 2.75) is 17.7 Å². The fraction of sp³-hybridized carbons (Fsp3) is 0.263. The largest absolute Gasteiger partial charge is 0.457 e. The van der Waals surface area contributed by atoms with Crippen molar-refractivity contribution in [2.24, 2.45) is 0 Å². The van der Waals surface area contributed by atoms with Crippen molar-refractivity contribution in [1.82, 2.24) is 4.90 Å². The van der Waals surface area contributed by atoms with Crippen LogP contribution in [0.4, 0.5) is 5.69 Å². The summed E-state index contributed by atoms with van der Waals surface area (Å²) < 4.78 is 5.75. The number of benzene rings is 2. The van der Waals surface area contributed by atoms with E-state index in [1.54, 1.807) is 16.7 Å². The first-order chi connectivity index (χ1) is 12.2. The first-order valence-corrected chi connectivity index (χ1v) is 9.25. The Bertz CT molecular complexity index is 794. The van der Waals surface area contributed by atoms with Gasteiger partial charge in [-0.1, -0.05) is 18.2 Å². The summed E-state index contributed by atoms with van der Waals surface area (Å²) in [6.45, 7) is 0.654. The average molecular weight is 354 g/mol. The molecule has 2 saturated heterocycles. The van der Waals surface area contributed by atoms with E-state index in [0.29, 0.717) is 30.8 Å². The topological polar surface area (TPSA) is 58.6 Å². The average Bonchev–Trinajstić information content (AvgIpc) is 3.20. The van der Waals surface area contributed by atoms with Crippen molar-refractivity contribution < 1.29 is 14.3 Å². The van der Waals surface area contributed by atoms with Crippen molar-refractivity contribution in [1.29, 1.82) is 0 Å². The number of rotatable bonds is 4. The van der Waals surface area contributed by atoms with Gasteiger partial charge in [0.05, 0.1) is 0 Å². The minimum absolute atomic E-state index is 0.0757. The number of amides is 2. The molecule has 0 bridgehead atoms. The number of carbonyl (C=O) groups is 2. The lowest BCUT2D eigenvalue weighted by molar-refractivity contribution is -0.133. The predicted octanol–water partition coefficient (Wildman–Crippen LogP) is 3.48. The maximum absolute atomic E-state index is 12.8. The Labute approximate surface area is 150 Å². The fourth-order valence-corrected chi connectivity index (χ4v) is 4.66. The Balaban J connectivity index is 1.44. The Morgan fingerprint density at radius 1 is 1.08 bits per heavy atom. The number of nitrogens with one attached hydrogen (secondary N) is 1. The number of carbonyl (C=O) groups excluding carboxylic acids is 2. The molecule has 0 radical (unpaired) electrons. The molecule has 6 heteroatoms. The van der Waals surface area contributed by atoms with Gasteiger partial charge < -0.3 is 15.0 Å². The van der Waals surface area contributed by atoms with E-state index in [9.17, 15) is 9.59 Å². The Morgan fingerprint density at radius 2 is 1.80 bits per heavy atom. The number of hydrogen-bond donors (Lipinski definition) is 1. The molecule has 1 atom stereocenters. The van der Waals surface area contributed by atoms with E-state index < -0.39 is 4.87 Å². The molecular weight excluding hydrogens is 336 g/mol. The van der Waals surface area contributed by atoms with Crippen LogP contribution >= 0.6 is 11.8 Å². The SMILES string of the molecule is O=C1CCC2(C(=O)Nc3ccc(Oc4ccccc4)cc3)SCCN12. The number of para-hydroxylation sites is 1. The molecule has 128 valence electrons. The summed E-state index contributed by atoms with van der Waals surface area (Å²) in [5.41, 5.74) is 0.701. The summed E-state index contributed by atoms with van der Waals surface area (Å²) >= 11 is 1.56. The van der Waals surface area contributed by atoms with E-state index in [1.807, 2.05) is 54.6 Å². The molecule has 1 unspecified atom stereocenters. The van der Waals surface area contributed by atoms with Crippen LogP contribution in [0.2, 0.25) is 0 Å². The lowest BCUT2D eigenvalue weighted by Gasteiger charge is -2.29. The molecule has 4 rings (SSSR count). The molecule has 0 saturated carbocycles. The van der Waals surface area contributed by atoms with Gasteiger partial charge in [-0.25, -0.2) is 0 Å². The van der Waals surface area contributed by atoms with Crippen LogP contribution in [0.3, 0.4) is 0 Å². The van der Waals surface area contributed by atoms with E-state index in [4.69, 9.17) is 4.74 Å². The second kappa shape index (κ2) is 6.44. The summed E-state index contributed by atoms with van der Waals surface area (Å²) in [7, 11) is 0. The fourth-order valence-electron chi connectivity index (χ4n) is 3.27. The highest BCUT2D eigenvalue weighted by Gasteiger charge is 2.54. The normalized spacial score (nSPS) is 21.9. The lowest BCUT2D eigenvalue weighted by Crippen LogP contribution is -2.48. The Morgan fingerprint density at radius 3 is 2.56 bits per heavy atom. The van der Waals surface area contributed by atoms with Crippen LogP contribution in [0, 0.1) is 0 Å². The van der Waals surface area contributed by atoms with Crippen LogP contribution in [-0.4, -0.2) is 33.9 Å². The van der Waals surface area contributed by atoms with E-state index in [-0.39, 0.29) is 11.8 Å². The lowest BCUT2D eigenvalue weighted by atomic mass is 10.2. The number of ether oxygens (including phenoxy) is 1. The van der Waals surface area contributed by atoms with Gasteiger partial charge in [0.25, 0.3) is 5.91 Å². The summed E-state index contributed by atoms with van der Waals surface area (Å²) in [5.74, 6) is 2.24. The van der Waals surface area contributed by atoms with Crippen LogP contribution in [0.25, 0.3) is 0 Å². The van der Waals surface area contributed by atoms with Crippen molar-refractivity contribution in [3.05, 3.63) is 54.6 Å². The molecule has 0 spiro atoms. The van der Waals surface area contributed by atoms with E-state index >= 15 is 0 Å². The number of nitrogens with zero attached hydrogens (tertiary/aromatic N) is 1. The van der Waals surface area contributed by atoms with Crippen molar-refractivity contribution >= 4 is 29.3 Å². The number of hydrogen-bond acceptors (Lipinski definition) is 4. The molecule has 2 fully saturated rings. The number of fused-ring (bicyclic) bond motifs is 1. The smallest absolute Gasteiger partial charge is 0.260 e. The Kier molecular flexibility index (Phi) is 4.13. The van der Waals surface area contributed by atoms with Crippen molar-refractivity contribution in [3.8, 4) is 11.5 Å². The first kappa shape index (κ1) is 16.0. The maximum atomic E-state index is 12.8. The zero-order valence-corrected chi connectivity index (χ0v) is 14.4. The molecule has 2 aromatic rings. The summed E-state index contributed by atoms with van der Waals surface area (Å²) in [5, 5.41) is 2.95. The van der Waals surface area contributed by atoms with Gasteiger partial charge in [0, 0.05) is 24.4 Å². The van der Waals surface area contributed by atoms with Crippen molar-refractivity contribution in [2.75, 3.05) is 17.6 Å². The highest BCUT2D eigenvalue weighted by Crippen LogP contribution is 2.45. The van der Waals surface area contributed by atoms with Gasteiger partial charge in [-0.2, -0.15) is 0 Å². The zero-order valence-electron chi connectivity index (χ0n) is 13.6. The van der Waals surface area contributed by atoms with Crippen LogP contribution in [0.5, 0.6) is 11.5 Å². The van der Waals surface area contributed by atoms with Gasteiger partial charge in [-0.15, -0.1) is 11.8 Å². The molecule has 2 aliphatic rings. The third kappa shape index (κ3) is 2.98. The first-order valence-electron chi connectivity index (χ1n) is 8.26.